The van der Waals surface area contributed by atoms with Crippen LogP contribution < -0.4 is 9.62 Å². The number of aryl methyl sites for hydroxylation is 2. The number of halogens is 1. The Morgan fingerprint density at radius 1 is 0.822 bits per heavy atom. The average molecular weight is 691 g/mol. The van der Waals surface area contributed by atoms with Crippen molar-refractivity contribution >= 4 is 43.5 Å². The van der Waals surface area contributed by atoms with Crippen molar-refractivity contribution in [2.75, 3.05) is 10.8 Å². The summed E-state index contributed by atoms with van der Waals surface area (Å²) in [5.74, 6) is -0.777. The third kappa shape index (κ3) is 9.05. The maximum Gasteiger partial charge on any atom is 0.264 e. The van der Waals surface area contributed by atoms with Gasteiger partial charge in [-0.05, 0) is 74.7 Å². The Morgan fingerprint density at radius 3 is 2.09 bits per heavy atom. The quantitative estimate of drug-likeness (QED) is 0.167. The molecule has 4 rings (SSSR count). The lowest BCUT2D eigenvalue weighted by Gasteiger charge is -2.34. The SMILES string of the molecule is CCC(C)NC(=O)C(Cc1ccccc1)N(Cc1cccc(C)c1)C(=O)CN(c1ccc(Br)cc1)S(=O)(=O)c1ccc(C)cc1. The van der Waals surface area contributed by atoms with E-state index < -0.39 is 28.5 Å². The Hall–Kier alpha value is -3.95. The molecule has 0 aromatic heterocycles. The van der Waals surface area contributed by atoms with Crippen molar-refractivity contribution < 1.29 is 18.0 Å². The van der Waals surface area contributed by atoms with Crippen LogP contribution in [-0.4, -0.2) is 43.8 Å². The molecular formula is C36H40BrN3O4S. The summed E-state index contributed by atoms with van der Waals surface area (Å²) >= 11 is 3.42. The molecule has 1 N–H and O–H groups in total. The summed E-state index contributed by atoms with van der Waals surface area (Å²) in [7, 11) is -4.15. The first-order valence-corrected chi connectivity index (χ1v) is 17.3. The number of anilines is 1. The predicted octanol–water partition coefficient (Wildman–Crippen LogP) is 6.82. The van der Waals surface area contributed by atoms with E-state index in [1.807, 2.05) is 82.3 Å². The van der Waals surface area contributed by atoms with E-state index in [-0.39, 0.29) is 29.8 Å². The molecule has 45 heavy (non-hydrogen) atoms. The molecule has 2 unspecified atom stereocenters. The smallest absolute Gasteiger partial charge is 0.264 e. The molecule has 0 fully saturated rings. The Kier molecular flexibility index (Phi) is 11.6. The molecule has 0 bridgehead atoms. The number of benzene rings is 4. The average Bonchev–Trinajstić information content (AvgIpc) is 3.02. The van der Waals surface area contributed by atoms with Crippen molar-refractivity contribution in [3.63, 3.8) is 0 Å². The summed E-state index contributed by atoms with van der Waals surface area (Å²) in [4.78, 5) is 30.1. The van der Waals surface area contributed by atoms with Crippen molar-refractivity contribution in [3.8, 4) is 0 Å². The minimum atomic E-state index is -4.15. The zero-order valence-corrected chi connectivity index (χ0v) is 28.5. The molecule has 2 atom stereocenters. The van der Waals surface area contributed by atoms with Crippen LogP contribution in [0.4, 0.5) is 5.69 Å². The highest BCUT2D eigenvalue weighted by molar-refractivity contribution is 9.10. The molecule has 236 valence electrons. The monoisotopic (exact) mass is 689 g/mol. The maximum absolute atomic E-state index is 14.5. The Labute approximate surface area is 275 Å². The number of nitrogens with one attached hydrogen (secondary N) is 1. The number of carbonyl (C=O) groups is 2. The highest BCUT2D eigenvalue weighted by Crippen LogP contribution is 2.27. The maximum atomic E-state index is 14.5. The lowest BCUT2D eigenvalue weighted by atomic mass is 10.0. The Bertz CT molecular complexity index is 1690. The minimum absolute atomic E-state index is 0.0735. The van der Waals surface area contributed by atoms with Crippen LogP contribution in [0, 0.1) is 13.8 Å². The normalized spacial score (nSPS) is 12.6. The van der Waals surface area contributed by atoms with Crippen LogP contribution in [0.3, 0.4) is 0 Å². The number of nitrogens with zero attached hydrogens (tertiary/aromatic N) is 2. The van der Waals surface area contributed by atoms with Gasteiger partial charge < -0.3 is 10.2 Å². The highest BCUT2D eigenvalue weighted by Gasteiger charge is 2.35. The van der Waals surface area contributed by atoms with E-state index >= 15 is 0 Å². The van der Waals surface area contributed by atoms with E-state index in [0.717, 1.165) is 37.5 Å². The molecule has 7 nitrogen and oxygen atoms in total. The number of hydrogen-bond acceptors (Lipinski definition) is 4. The molecule has 0 spiro atoms. The molecule has 9 heteroatoms. The zero-order chi connectivity index (χ0) is 32.6. The summed E-state index contributed by atoms with van der Waals surface area (Å²) in [5.41, 5.74) is 4.00. The Morgan fingerprint density at radius 2 is 1.47 bits per heavy atom. The third-order valence-corrected chi connectivity index (χ3v) is 10.0. The second kappa shape index (κ2) is 15.4. The van der Waals surface area contributed by atoms with Gasteiger partial charge in [0.05, 0.1) is 10.6 Å². The molecule has 2 amide bonds. The fourth-order valence-corrected chi connectivity index (χ4v) is 6.65. The third-order valence-electron chi connectivity index (χ3n) is 7.71. The molecule has 0 aliphatic carbocycles. The van der Waals surface area contributed by atoms with Crippen LogP contribution >= 0.6 is 15.9 Å². The summed E-state index contributed by atoms with van der Waals surface area (Å²) in [6, 6.07) is 29.7. The van der Waals surface area contributed by atoms with Crippen molar-refractivity contribution in [3.05, 3.63) is 130 Å². The van der Waals surface area contributed by atoms with Gasteiger partial charge in [-0.15, -0.1) is 0 Å². The predicted molar refractivity (Wildman–Crippen MR) is 183 cm³/mol. The van der Waals surface area contributed by atoms with Crippen LogP contribution in [0.1, 0.15) is 42.5 Å². The van der Waals surface area contributed by atoms with Crippen molar-refractivity contribution in [1.82, 2.24) is 10.2 Å². The van der Waals surface area contributed by atoms with Gasteiger partial charge in [0.1, 0.15) is 12.6 Å². The second-order valence-electron chi connectivity index (χ2n) is 11.3. The fourth-order valence-electron chi connectivity index (χ4n) is 4.98. The number of amides is 2. The van der Waals surface area contributed by atoms with E-state index in [0.29, 0.717) is 5.69 Å². The van der Waals surface area contributed by atoms with Gasteiger partial charge in [-0.1, -0.05) is 101 Å². The highest BCUT2D eigenvalue weighted by atomic mass is 79.9. The van der Waals surface area contributed by atoms with Gasteiger partial charge in [-0.25, -0.2) is 8.42 Å². The lowest BCUT2D eigenvalue weighted by Crippen LogP contribution is -2.54. The number of sulfonamides is 1. The minimum Gasteiger partial charge on any atom is -0.352 e. The zero-order valence-electron chi connectivity index (χ0n) is 26.1. The molecule has 0 aliphatic heterocycles. The van der Waals surface area contributed by atoms with Crippen LogP contribution in [0.15, 0.2) is 112 Å². The van der Waals surface area contributed by atoms with E-state index in [9.17, 15) is 18.0 Å². The summed E-state index contributed by atoms with van der Waals surface area (Å²) in [6.07, 6.45) is 0.991. The topological polar surface area (TPSA) is 86.8 Å². The van der Waals surface area contributed by atoms with Crippen molar-refractivity contribution in [2.24, 2.45) is 0 Å². The summed E-state index contributed by atoms with van der Waals surface area (Å²) in [5, 5.41) is 3.07. The largest absolute Gasteiger partial charge is 0.352 e. The van der Waals surface area contributed by atoms with E-state index in [1.165, 1.54) is 4.90 Å². The van der Waals surface area contributed by atoms with Crippen LogP contribution in [-0.2, 0) is 32.6 Å². The molecule has 4 aromatic rings. The molecule has 0 radical (unpaired) electrons. The molecule has 0 saturated carbocycles. The van der Waals surface area contributed by atoms with Crippen molar-refractivity contribution in [2.45, 2.75) is 64.1 Å². The second-order valence-corrected chi connectivity index (χ2v) is 14.1. The van der Waals surface area contributed by atoms with Gasteiger partial charge in [0.15, 0.2) is 0 Å². The molecule has 4 aromatic carbocycles. The van der Waals surface area contributed by atoms with E-state index in [1.54, 1.807) is 48.5 Å². The van der Waals surface area contributed by atoms with Gasteiger partial charge in [0.25, 0.3) is 10.0 Å². The van der Waals surface area contributed by atoms with Gasteiger partial charge in [-0.2, -0.15) is 0 Å². The summed E-state index contributed by atoms with van der Waals surface area (Å²) < 4.78 is 30.2. The lowest BCUT2D eigenvalue weighted by molar-refractivity contribution is -0.140. The first-order chi connectivity index (χ1) is 21.5. The van der Waals surface area contributed by atoms with E-state index in [4.69, 9.17) is 0 Å². The van der Waals surface area contributed by atoms with Crippen molar-refractivity contribution in [1.29, 1.82) is 0 Å². The van der Waals surface area contributed by atoms with Gasteiger partial charge in [-0.3, -0.25) is 13.9 Å². The van der Waals surface area contributed by atoms with E-state index in [2.05, 4.69) is 21.2 Å². The summed E-state index contributed by atoms with van der Waals surface area (Å²) in [6.45, 7) is 7.39. The molecule has 0 aliphatic rings. The van der Waals surface area contributed by atoms with Gasteiger partial charge in [0, 0.05) is 23.5 Å². The van der Waals surface area contributed by atoms with Gasteiger partial charge >= 0.3 is 0 Å². The number of carbonyl (C=O) groups excluding carboxylic acids is 2. The Balaban J connectivity index is 1.80. The van der Waals surface area contributed by atoms with Crippen LogP contribution in [0.2, 0.25) is 0 Å². The standard InChI is InChI=1S/C36H40BrN3O4S/c1-5-28(4)38-36(42)34(23-29-11-7-6-8-12-29)39(24-30-13-9-10-27(3)22-30)35(41)25-40(32-18-16-31(37)17-19-32)45(43,44)33-20-14-26(2)15-21-33/h6-22,28,34H,5,23-25H2,1-4H3,(H,38,42). The molecular weight excluding hydrogens is 650 g/mol. The molecule has 0 heterocycles. The first-order valence-electron chi connectivity index (χ1n) is 15.0. The number of hydrogen-bond donors (Lipinski definition) is 1. The first kappa shape index (κ1) is 33.9. The van der Waals surface area contributed by atoms with Crippen LogP contribution in [0.5, 0.6) is 0 Å². The number of rotatable bonds is 13. The van der Waals surface area contributed by atoms with Crippen LogP contribution in [0.25, 0.3) is 0 Å². The van der Waals surface area contributed by atoms with Gasteiger partial charge in [0.2, 0.25) is 11.8 Å². The molecule has 0 saturated heterocycles. The fraction of sp³-hybridized carbons (Fsp3) is 0.278.